The zero-order valence-electron chi connectivity index (χ0n) is 4.44. The first-order valence-corrected chi connectivity index (χ1v) is 1.88. The minimum atomic E-state index is -1.92. The van der Waals surface area contributed by atoms with Crippen LogP contribution in [0.3, 0.4) is 0 Å². The van der Waals surface area contributed by atoms with Crippen LogP contribution in [0.2, 0.25) is 0 Å². The van der Waals surface area contributed by atoms with Gasteiger partial charge in [0.25, 0.3) is 0 Å². The number of ether oxygens (including phenoxy) is 2. The van der Waals surface area contributed by atoms with E-state index in [0.717, 1.165) is 0 Å². The summed E-state index contributed by atoms with van der Waals surface area (Å²) in [6.45, 7) is 0. The molecule has 2 N–H and O–H groups in total. The predicted octanol–water partition coefficient (Wildman–Crippen LogP) is -2.25. The predicted molar refractivity (Wildman–Crippen MR) is 49.2 cm³/mol. The SMILES string of the molecule is O=C(O)OC(=O)OC(=O)O.[CaH2].[CaH2].[MgH2]. The first-order valence-electron chi connectivity index (χ1n) is 1.88. The van der Waals surface area contributed by atoms with Crippen molar-refractivity contribution in [1.82, 2.24) is 0 Å². The Kier molecular flexibility index (Phi) is 24.9. The standard InChI is InChI=1S/C3H2O7.2Ca.Mg.6H/c4-1(5)9-3(8)10-2(6)7;;;;;;;;;/h(H,4,5)(H,6,7);;;;;;;;;. The summed E-state index contributed by atoms with van der Waals surface area (Å²) in [5.74, 6) is 0. The molecule has 0 aliphatic carbocycles. The van der Waals surface area contributed by atoms with Crippen molar-refractivity contribution in [3.63, 3.8) is 0 Å². The Labute approximate surface area is 148 Å². The fourth-order valence-corrected chi connectivity index (χ4v) is 0.163. The summed E-state index contributed by atoms with van der Waals surface area (Å²) in [5.41, 5.74) is 0. The van der Waals surface area contributed by atoms with E-state index in [2.05, 4.69) is 9.47 Å². The van der Waals surface area contributed by atoms with Gasteiger partial charge in [0.15, 0.2) is 0 Å². The van der Waals surface area contributed by atoms with Crippen LogP contribution < -0.4 is 0 Å². The number of hydrogen-bond donors (Lipinski definition) is 2. The molecule has 0 fully saturated rings. The first kappa shape index (κ1) is 24.0. The molecule has 0 aromatic heterocycles. The number of carbonyl (C=O) groups is 3. The number of hydrogen-bond acceptors (Lipinski definition) is 5. The van der Waals surface area contributed by atoms with Gasteiger partial charge in [-0.2, -0.15) is 0 Å². The molecule has 0 amide bonds. The Hall–Kier alpha value is 1.50. The van der Waals surface area contributed by atoms with Gasteiger partial charge in [0, 0.05) is 0 Å². The third-order valence-corrected chi connectivity index (χ3v) is 0.341. The summed E-state index contributed by atoms with van der Waals surface area (Å²) in [5, 5.41) is 15.4. The molecule has 0 bridgehead atoms. The van der Waals surface area contributed by atoms with Crippen molar-refractivity contribution in [2.75, 3.05) is 0 Å². The van der Waals surface area contributed by atoms with Gasteiger partial charge in [-0.3, -0.25) is 0 Å². The first-order chi connectivity index (χ1) is 4.52. The van der Waals surface area contributed by atoms with Crippen molar-refractivity contribution in [1.29, 1.82) is 0 Å². The minimum absolute atomic E-state index is 0. The van der Waals surface area contributed by atoms with Gasteiger partial charge in [0.05, 0.1) is 0 Å². The maximum atomic E-state index is 9.86. The smallest absolute Gasteiger partial charge is 0.316 e. The molecule has 0 aromatic carbocycles. The van der Waals surface area contributed by atoms with Crippen molar-refractivity contribution in [3.8, 4) is 0 Å². The van der Waals surface area contributed by atoms with Crippen molar-refractivity contribution < 1.29 is 34.1 Å². The fraction of sp³-hybridized carbons (Fsp3) is 0. The Morgan fingerprint density at radius 1 is 0.846 bits per heavy atom. The molecule has 0 heterocycles. The summed E-state index contributed by atoms with van der Waals surface area (Å²) in [6.07, 6.45) is -5.64. The summed E-state index contributed by atoms with van der Waals surface area (Å²) in [4.78, 5) is 28.8. The number of rotatable bonds is 0. The van der Waals surface area contributed by atoms with E-state index in [9.17, 15) is 14.4 Å². The normalized spacial score (nSPS) is 6.15. The third kappa shape index (κ3) is 19.8. The minimum Gasteiger partial charge on any atom is 0.316 e. The van der Waals surface area contributed by atoms with E-state index in [0.29, 0.717) is 0 Å². The van der Waals surface area contributed by atoms with E-state index >= 15 is 0 Å². The Morgan fingerprint density at radius 2 is 1.08 bits per heavy atom. The van der Waals surface area contributed by atoms with Crippen LogP contribution in [0, 0.1) is 0 Å². The van der Waals surface area contributed by atoms with Gasteiger partial charge in [0.1, 0.15) is 0 Å². The average molecular weight is 261 g/mol. The molecule has 0 saturated carbocycles. The Bertz CT molecular complexity index is 165. The molecular weight excluding hydrogens is 252 g/mol. The Balaban J connectivity index is -0.000000135. The van der Waals surface area contributed by atoms with Crippen molar-refractivity contribution >= 4 is 117 Å². The molecule has 0 atom stereocenters. The fourth-order valence-electron chi connectivity index (χ4n) is 0.163. The maximum absolute atomic E-state index is 9.86. The van der Waals surface area contributed by atoms with Crippen LogP contribution in [0.15, 0.2) is 0 Å². The summed E-state index contributed by atoms with van der Waals surface area (Å²) in [6, 6.07) is 0. The van der Waals surface area contributed by atoms with E-state index in [1.165, 1.54) is 0 Å². The summed E-state index contributed by atoms with van der Waals surface area (Å²) in [7, 11) is 0. The van der Waals surface area contributed by atoms with Gasteiger partial charge in [-0.25, -0.2) is 14.4 Å². The van der Waals surface area contributed by atoms with E-state index < -0.39 is 18.5 Å². The van der Waals surface area contributed by atoms with E-state index in [1.54, 1.807) is 0 Å². The van der Waals surface area contributed by atoms with E-state index in [1.807, 2.05) is 0 Å². The monoisotopic (exact) mass is 260 g/mol. The van der Waals surface area contributed by atoms with Crippen molar-refractivity contribution in [2.45, 2.75) is 0 Å². The second-order valence-electron chi connectivity index (χ2n) is 0.986. The van der Waals surface area contributed by atoms with Gasteiger partial charge >= 0.3 is 117 Å². The molecule has 0 aliphatic heterocycles. The molecule has 13 heavy (non-hydrogen) atoms. The molecule has 0 aromatic rings. The van der Waals surface area contributed by atoms with Crippen LogP contribution >= 0.6 is 0 Å². The molecule has 0 saturated heterocycles. The third-order valence-electron chi connectivity index (χ3n) is 0.341. The average Bonchev–Trinajstić information content (AvgIpc) is 1.58. The second kappa shape index (κ2) is 13.5. The zero-order valence-corrected chi connectivity index (χ0v) is 4.44. The van der Waals surface area contributed by atoms with Crippen LogP contribution in [0.1, 0.15) is 0 Å². The summed E-state index contributed by atoms with van der Waals surface area (Å²) < 4.78 is 6.47. The Morgan fingerprint density at radius 3 is 1.23 bits per heavy atom. The topological polar surface area (TPSA) is 110 Å². The van der Waals surface area contributed by atoms with Crippen LogP contribution in [0.5, 0.6) is 0 Å². The van der Waals surface area contributed by atoms with Gasteiger partial charge in [0.2, 0.25) is 0 Å². The molecule has 0 rings (SSSR count). The van der Waals surface area contributed by atoms with Gasteiger partial charge in [-0.05, 0) is 0 Å². The van der Waals surface area contributed by atoms with Crippen molar-refractivity contribution in [3.05, 3.63) is 0 Å². The molecular formula is C3H8Ca2MgO7. The van der Waals surface area contributed by atoms with Gasteiger partial charge in [-0.1, -0.05) is 0 Å². The quantitative estimate of drug-likeness (QED) is 0.287. The second-order valence-corrected chi connectivity index (χ2v) is 0.986. The van der Waals surface area contributed by atoms with Crippen LogP contribution in [-0.2, 0) is 9.47 Å². The molecule has 7 nitrogen and oxygen atoms in total. The summed E-state index contributed by atoms with van der Waals surface area (Å²) >= 11 is 0. The van der Waals surface area contributed by atoms with E-state index in [4.69, 9.17) is 10.2 Å². The molecule has 10 heteroatoms. The number of carbonyl (C=O) groups excluding carboxylic acids is 1. The molecule has 0 spiro atoms. The van der Waals surface area contributed by atoms with Crippen LogP contribution in [-0.4, -0.2) is 127 Å². The molecule has 68 valence electrons. The molecule has 0 aliphatic rings. The van der Waals surface area contributed by atoms with Crippen LogP contribution in [0.4, 0.5) is 14.4 Å². The van der Waals surface area contributed by atoms with Gasteiger partial charge in [-0.15, -0.1) is 0 Å². The van der Waals surface area contributed by atoms with Crippen molar-refractivity contribution in [2.24, 2.45) is 0 Å². The number of carboxylic acid groups (broad SMARTS) is 2. The van der Waals surface area contributed by atoms with E-state index in [-0.39, 0.29) is 98.5 Å². The van der Waals surface area contributed by atoms with Gasteiger partial charge < -0.3 is 19.7 Å². The van der Waals surface area contributed by atoms with Crippen LogP contribution in [0.25, 0.3) is 0 Å². The molecule has 0 unspecified atom stereocenters. The zero-order chi connectivity index (χ0) is 8.15. The molecule has 0 radical (unpaired) electrons. The largest absolute Gasteiger partial charge is 0.316 e. The maximum Gasteiger partial charge on any atom is 0.316 e.